The lowest BCUT2D eigenvalue weighted by atomic mass is 10.2. The van der Waals surface area contributed by atoms with Gasteiger partial charge in [0.1, 0.15) is 11.4 Å². The van der Waals surface area contributed by atoms with E-state index in [4.69, 9.17) is 21.1 Å². The van der Waals surface area contributed by atoms with Crippen LogP contribution < -0.4 is 10.1 Å². The number of hydrogen-bond acceptors (Lipinski definition) is 6. The molecule has 0 aromatic heterocycles. The zero-order valence-electron chi connectivity index (χ0n) is 14.2. The molecule has 8 nitrogen and oxygen atoms in total. The molecule has 0 saturated carbocycles. The highest BCUT2D eigenvalue weighted by Crippen LogP contribution is 2.27. The molecule has 0 aliphatic carbocycles. The molecule has 0 heterocycles. The van der Waals surface area contributed by atoms with Crippen LogP contribution >= 0.6 is 11.6 Å². The second-order valence-electron chi connectivity index (χ2n) is 5.18. The number of rotatable bonds is 7. The van der Waals surface area contributed by atoms with Crippen LogP contribution in [-0.2, 0) is 14.3 Å². The van der Waals surface area contributed by atoms with Gasteiger partial charge in [0.15, 0.2) is 6.61 Å². The highest BCUT2D eigenvalue weighted by Gasteiger charge is 2.17. The fourth-order valence-corrected chi connectivity index (χ4v) is 2.18. The maximum Gasteiger partial charge on any atom is 0.331 e. The summed E-state index contributed by atoms with van der Waals surface area (Å²) in [4.78, 5) is 33.8. The maximum atomic E-state index is 11.8. The normalized spacial score (nSPS) is 10.4. The van der Waals surface area contributed by atoms with Gasteiger partial charge in [-0.15, -0.1) is 0 Å². The van der Waals surface area contributed by atoms with Crippen molar-refractivity contribution in [3.8, 4) is 5.75 Å². The number of nitro groups is 1. The topological polar surface area (TPSA) is 108 Å². The average molecular weight is 391 g/mol. The van der Waals surface area contributed by atoms with Gasteiger partial charge in [-0.25, -0.2) is 4.79 Å². The van der Waals surface area contributed by atoms with Crippen molar-refractivity contribution in [2.24, 2.45) is 0 Å². The Hall–Kier alpha value is -3.39. The lowest BCUT2D eigenvalue weighted by Gasteiger charge is -2.06. The van der Waals surface area contributed by atoms with E-state index < -0.39 is 23.4 Å². The molecular weight excluding hydrogens is 376 g/mol. The van der Waals surface area contributed by atoms with Crippen molar-refractivity contribution >= 4 is 40.9 Å². The Morgan fingerprint density at radius 1 is 1.22 bits per heavy atom. The summed E-state index contributed by atoms with van der Waals surface area (Å²) in [7, 11) is 1.55. The van der Waals surface area contributed by atoms with Gasteiger partial charge in [0.25, 0.3) is 11.6 Å². The van der Waals surface area contributed by atoms with Crippen molar-refractivity contribution in [1.29, 1.82) is 0 Å². The van der Waals surface area contributed by atoms with Gasteiger partial charge in [-0.1, -0.05) is 23.7 Å². The minimum Gasteiger partial charge on any atom is -0.497 e. The van der Waals surface area contributed by atoms with Gasteiger partial charge < -0.3 is 14.8 Å². The molecule has 9 heteroatoms. The van der Waals surface area contributed by atoms with Crippen LogP contribution in [0, 0.1) is 10.1 Å². The molecule has 0 unspecified atom stereocenters. The third kappa shape index (κ3) is 6.12. The number of carbonyl (C=O) groups excluding carboxylic acids is 2. The van der Waals surface area contributed by atoms with Crippen molar-refractivity contribution in [3.63, 3.8) is 0 Å². The Labute approximate surface area is 159 Å². The molecule has 0 fully saturated rings. The molecule has 0 aliphatic rings. The number of nitrogens with zero attached hydrogens (tertiary/aromatic N) is 1. The van der Waals surface area contributed by atoms with E-state index in [9.17, 15) is 19.7 Å². The van der Waals surface area contributed by atoms with Gasteiger partial charge in [-0.2, -0.15) is 0 Å². The smallest absolute Gasteiger partial charge is 0.331 e. The number of carbonyl (C=O) groups is 2. The number of amides is 1. The van der Waals surface area contributed by atoms with E-state index in [2.05, 4.69) is 5.32 Å². The number of benzene rings is 2. The van der Waals surface area contributed by atoms with Crippen molar-refractivity contribution in [1.82, 2.24) is 0 Å². The zero-order chi connectivity index (χ0) is 19.8. The Morgan fingerprint density at radius 3 is 2.56 bits per heavy atom. The van der Waals surface area contributed by atoms with Crippen molar-refractivity contribution in [2.75, 3.05) is 19.0 Å². The number of ether oxygens (including phenoxy) is 2. The standard InChI is InChI=1S/C18H15ClN2O6/c1-26-14-6-2-12(3-7-14)4-9-18(23)27-11-17(22)20-15-8-5-13(19)10-16(15)21(24)25/h2-10H,11H2,1H3,(H,20,22)/b9-4+. The summed E-state index contributed by atoms with van der Waals surface area (Å²) >= 11 is 5.70. The molecule has 2 aromatic carbocycles. The van der Waals surface area contributed by atoms with E-state index in [-0.39, 0.29) is 16.4 Å². The monoisotopic (exact) mass is 390 g/mol. The van der Waals surface area contributed by atoms with Crippen LogP contribution in [0.4, 0.5) is 11.4 Å². The minimum absolute atomic E-state index is 0.0424. The predicted octanol–water partition coefficient (Wildman–Crippen LogP) is 3.45. The predicted molar refractivity (Wildman–Crippen MR) is 99.7 cm³/mol. The first kappa shape index (κ1) is 19.9. The lowest BCUT2D eigenvalue weighted by molar-refractivity contribution is -0.383. The fourth-order valence-electron chi connectivity index (χ4n) is 2.01. The molecule has 0 aliphatic heterocycles. The summed E-state index contributed by atoms with van der Waals surface area (Å²) in [6, 6.07) is 10.8. The van der Waals surface area contributed by atoms with Crippen molar-refractivity contribution in [2.45, 2.75) is 0 Å². The van der Waals surface area contributed by atoms with Crippen LogP contribution in [0.25, 0.3) is 6.08 Å². The molecule has 0 atom stereocenters. The Bertz CT molecular complexity index is 880. The summed E-state index contributed by atoms with van der Waals surface area (Å²) in [6.45, 7) is -0.592. The van der Waals surface area contributed by atoms with Crippen LogP contribution in [0.1, 0.15) is 5.56 Å². The molecule has 1 N–H and O–H groups in total. The summed E-state index contributed by atoms with van der Waals surface area (Å²) in [5, 5.41) is 13.4. The van der Waals surface area contributed by atoms with Crippen molar-refractivity contribution < 1.29 is 24.0 Å². The quantitative estimate of drug-likeness (QED) is 0.336. The van der Waals surface area contributed by atoms with Crippen LogP contribution in [0.15, 0.2) is 48.5 Å². The zero-order valence-corrected chi connectivity index (χ0v) is 14.9. The lowest BCUT2D eigenvalue weighted by Crippen LogP contribution is -2.20. The average Bonchev–Trinajstić information content (AvgIpc) is 2.66. The Morgan fingerprint density at radius 2 is 1.93 bits per heavy atom. The molecule has 0 saturated heterocycles. The van der Waals surface area contributed by atoms with E-state index >= 15 is 0 Å². The summed E-state index contributed by atoms with van der Waals surface area (Å²) in [6.07, 6.45) is 2.68. The van der Waals surface area contributed by atoms with E-state index in [1.54, 1.807) is 31.4 Å². The Balaban J connectivity index is 1.88. The molecule has 0 radical (unpaired) electrons. The van der Waals surface area contributed by atoms with Gasteiger partial charge in [-0.05, 0) is 35.9 Å². The molecule has 27 heavy (non-hydrogen) atoms. The summed E-state index contributed by atoms with van der Waals surface area (Å²) in [5.41, 5.74) is 0.342. The van der Waals surface area contributed by atoms with E-state index in [0.29, 0.717) is 5.75 Å². The molecular formula is C18H15ClN2O6. The van der Waals surface area contributed by atoms with E-state index in [1.165, 1.54) is 24.3 Å². The third-order valence-electron chi connectivity index (χ3n) is 3.30. The van der Waals surface area contributed by atoms with Crippen LogP contribution in [0.5, 0.6) is 5.75 Å². The van der Waals surface area contributed by atoms with E-state index in [0.717, 1.165) is 11.6 Å². The highest BCUT2D eigenvalue weighted by molar-refractivity contribution is 6.31. The SMILES string of the molecule is COc1ccc(/C=C/C(=O)OCC(=O)Nc2ccc(Cl)cc2[N+](=O)[O-])cc1. The number of hydrogen-bond donors (Lipinski definition) is 1. The first-order chi connectivity index (χ1) is 12.9. The minimum atomic E-state index is -0.730. The first-order valence-corrected chi connectivity index (χ1v) is 7.99. The number of nitro benzene ring substituents is 1. The maximum absolute atomic E-state index is 11.8. The largest absolute Gasteiger partial charge is 0.497 e. The fraction of sp³-hybridized carbons (Fsp3) is 0.111. The van der Waals surface area contributed by atoms with Gasteiger partial charge in [0, 0.05) is 17.2 Å². The molecule has 0 bridgehead atoms. The Kier molecular flexibility index (Phi) is 6.90. The number of esters is 1. The van der Waals surface area contributed by atoms with Crippen LogP contribution in [0.3, 0.4) is 0 Å². The number of nitrogens with one attached hydrogen (secondary N) is 1. The highest BCUT2D eigenvalue weighted by atomic mass is 35.5. The van der Waals surface area contributed by atoms with Gasteiger partial charge in [0.2, 0.25) is 0 Å². The summed E-state index contributed by atoms with van der Waals surface area (Å²) in [5.74, 6) is -0.763. The second kappa shape index (κ2) is 9.35. The van der Waals surface area contributed by atoms with Gasteiger partial charge in [0.05, 0.1) is 12.0 Å². The van der Waals surface area contributed by atoms with Gasteiger partial charge in [-0.3, -0.25) is 14.9 Å². The molecule has 140 valence electrons. The van der Waals surface area contributed by atoms with Crippen LogP contribution in [-0.4, -0.2) is 30.5 Å². The first-order valence-electron chi connectivity index (χ1n) is 7.61. The molecule has 1 amide bonds. The molecule has 0 spiro atoms. The molecule has 2 rings (SSSR count). The van der Waals surface area contributed by atoms with Crippen LogP contribution in [0.2, 0.25) is 5.02 Å². The third-order valence-corrected chi connectivity index (χ3v) is 3.54. The van der Waals surface area contributed by atoms with Gasteiger partial charge >= 0.3 is 5.97 Å². The van der Waals surface area contributed by atoms with Crippen molar-refractivity contribution in [3.05, 3.63) is 69.2 Å². The second-order valence-corrected chi connectivity index (χ2v) is 5.62. The number of methoxy groups -OCH3 is 1. The van der Waals surface area contributed by atoms with E-state index in [1.807, 2.05) is 0 Å². The summed E-state index contributed by atoms with van der Waals surface area (Å²) < 4.78 is 9.84. The number of anilines is 1. The molecule has 2 aromatic rings. The number of halogens is 1.